The van der Waals surface area contributed by atoms with E-state index in [2.05, 4.69) is 25.8 Å². The highest BCUT2D eigenvalue weighted by Crippen LogP contribution is 2.28. The number of nitrogens with zero attached hydrogens (tertiary/aromatic N) is 2. The molecule has 0 aliphatic carbocycles. The van der Waals surface area contributed by atoms with Crippen LogP contribution in [0.3, 0.4) is 0 Å². The van der Waals surface area contributed by atoms with Crippen LogP contribution in [-0.2, 0) is 0 Å². The van der Waals surface area contributed by atoms with Crippen LogP contribution in [0.15, 0.2) is 16.7 Å². The summed E-state index contributed by atoms with van der Waals surface area (Å²) in [4.78, 5) is 6.35. The van der Waals surface area contributed by atoms with Gasteiger partial charge in [0.2, 0.25) is 0 Å². The first-order valence-electron chi connectivity index (χ1n) is 4.91. The van der Waals surface area contributed by atoms with Crippen LogP contribution in [0.25, 0.3) is 0 Å². The van der Waals surface area contributed by atoms with E-state index in [0.29, 0.717) is 11.6 Å². The molecule has 0 radical (unpaired) electrons. The first-order chi connectivity index (χ1) is 7.16. The molecule has 0 saturated carbocycles. The largest absolute Gasteiger partial charge is 0.391 e. The Balaban J connectivity index is 2.21. The number of rotatable bonds is 1. The maximum atomic E-state index is 9.58. The summed E-state index contributed by atoms with van der Waals surface area (Å²) in [5.74, 6) is 0.859. The van der Waals surface area contributed by atoms with Crippen LogP contribution >= 0.6 is 27.5 Å². The smallest absolute Gasteiger partial charge is 0.143 e. The van der Waals surface area contributed by atoms with Crippen LogP contribution in [0, 0.1) is 0 Å². The molecule has 5 heteroatoms. The van der Waals surface area contributed by atoms with Gasteiger partial charge in [0.1, 0.15) is 5.82 Å². The minimum absolute atomic E-state index is 0.247. The van der Waals surface area contributed by atoms with Gasteiger partial charge >= 0.3 is 0 Å². The van der Waals surface area contributed by atoms with Crippen molar-refractivity contribution in [3.05, 3.63) is 21.8 Å². The van der Waals surface area contributed by atoms with Crippen molar-refractivity contribution in [3.8, 4) is 0 Å². The number of hydrogen-bond acceptors (Lipinski definition) is 3. The Hall–Kier alpha value is -0.320. The molecule has 2 heterocycles. The Morgan fingerprint density at radius 2 is 2.40 bits per heavy atom. The Morgan fingerprint density at radius 3 is 3.07 bits per heavy atom. The second-order valence-electron chi connectivity index (χ2n) is 3.70. The van der Waals surface area contributed by atoms with Crippen LogP contribution in [0.2, 0.25) is 5.02 Å². The molecule has 1 unspecified atom stereocenters. The summed E-state index contributed by atoms with van der Waals surface area (Å²) >= 11 is 9.26. The van der Waals surface area contributed by atoms with Crippen molar-refractivity contribution in [2.24, 2.45) is 0 Å². The van der Waals surface area contributed by atoms with Crippen molar-refractivity contribution in [3.63, 3.8) is 0 Å². The van der Waals surface area contributed by atoms with Gasteiger partial charge in [0.25, 0.3) is 0 Å². The fraction of sp³-hybridized carbons (Fsp3) is 0.500. The number of β-amino-alcohol motifs (C(OH)–C–C–N with tert-alkyl or cyclic N) is 1. The van der Waals surface area contributed by atoms with Gasteiger partial charge in [0.05, 0.1) is 15.6 Å². The molecular weight excluding hydrogens is 279 g/mol. The third kappa shape index (κ3) is 2.62. The molecule has 1 fully saturated rings. The first kappa shape index (κ1) is 11.2. The maximum absolute atomic E-state index is 9.58. The second-order valence-corrected chi connectivity index (χ2v) is 4.99. The molecule has 82 valence electrons. The molecule has 15 heavy (non-hydrogen) atoms. The molecule has 1 aromatic heterocycles. The van der Waals surface area contributed by atoms with Crippen molar-refractivity contribution in [1.82, 2.24) is 4.98 Å². The van der Waals surface area contributed by atoms with E-state index in [1.807, 2.05) is 6.07 Å². The molecule has 1 aliphatic rings. The lowest BCUT2D eigenvalue weighted by atomic mass is 10.1. The normalized spacial score (nSPS) is 21.8. The summed E-state index contributed by atoms with van der Waals surface area (Å²) in [6.45, 7) is 1.58. The highest BCUT2D eigenvalue weighted by molar-refractivity contribution is 9.10. The van der Waals surface area contributed by atoms with E-state index >= 15 is 0 Å². The highest BCUT2D eigenvalue weighted by atomic mass is 79.9. The van der Waals surface area contributed by atoms with Crippen molar-refractivity contribution >= 4 is 33.3 Å². The van der Waals surface area contributed by atoms with E-state index in [1.165, 1.54) is 0 Å². The molecule has 1 saturated heterocycles. The minimum atomic E-state index is -0.247. The third-order valence-corrected chi connectivity index (χ3v) is 3.27. The summed E-state index contributed by atoms with van der Waals surface area (Å²) < 4.78 is 0.879. The Morgan fingerprint density at radius 1 is 1.60 bits per heavy atom. The zero-order valence-corrected chi connectivity index (χ0v) is 10.5. The van der Waals surface area contributed by atoms with Gasteiger partial charge in [-0.05, 0) is 34.8 Å². The van der Waals surface area contributed by atoms with Crippen molar-refractivity contribution in [2.45, 2.75) is 18.9 Å². The van der Waals surface area contributed by atoms with Gasteiger partial charge in [-0.2, -0.15) is 0 Å². The average molecular weight is 292 g/mol. The molecule has 0 spiro atoms. The SMILES string of the molecule is OC1CCCN(c2ncc(Cl)cc2Br)C1. The van der Waals surface area contributed by atoms with Gasteiger partial charge < -0.3 is 10.0 Å². The average Bonchev–Trinajstić information content (AvgIpc) is 2.17. The molecule has 0 amide bonds. The summed E-state index contributed by atoms with van der Waals surface area (Å²) in [6.07, 6.45) is 3.26. The van der Waals surface area contributed by atoms with Gasteiger partial charge in [-0.1, -0.05) is 11.6 Å². The van der Waals surface area contributed by atoms with E-state index < -0.39 is 0 Å². The number of hydrogen-bond donors (Lipinski definition) is 1. The predicted octanol–water partition coefficient (Wildman–Crippen LogP) is 2.46. The van der Waals surface area contributed by atoms with Crippen LogP contribution in [-0.4, -0.2) is 29.3 Å². The first-order valence-corrected chi connectivity index (χ1v) is 6.08. The van der Waals surface area contributed by atoms with Crippen LogP contribution in [0.4, 0.5) is 5.82 Å². The summed E-state index contributed by atoms with van der Waals surface area (Å²) in [7, 11) is 0. The molecule has 1 atom stereocenters. The maximum Gasteiger partial charge on any atom is 0.143 e. The molecule has 1 aliphatic heterocycles. The van der Waals surface area contributed by atoms with Gasteiger partial charge in [-0.25, -0.2) is 4.98 Å². The van der Waals surface area contributed by atoms with E-state index in [0.717, 1.165) is 29.7 Å². The van der Waals surface area contributed by atoms with Crippen molar-refractivity contribution in [1.29, 1.82) is 0 Å². The molecular formula is C10H12BrClN2O. The summed E-state index contributed by atoms with van der Waals surface area (Å²) in [5, 5.41) is 10.2. The fourth-order valence-corrected chi connectivity index (χ4v) is 2.68. The summed E-state index contributed by atoms with van der Waals surface area (Å²) in [6, 6.07) is 1.82. The Kier molecular flexibility index (Phi) is 3.49. The second kappa shape index (κ2) is 4.68. The molecule has 1 N–H and O–H groups in total. The van der Waals surface area contributed by atoms with Crippen molar-refractivity contribution in [2.75, 3.05) is 18.0 Å². The van der Waals surface area contributed by atoms with Gasteiger partial charge in [-0.15, -0.1) is 0 Å². The molecule has 0 aromatic carbocycles. The van der Waals surface area contributed by atoms with Crippen LogP contribution in [0.1, 0.15) is 12.8 Å². The van der Waals surface area contributed by atoms with Gasteiger partial charge in [-0.3, -0.25) is 0 Å². The summed E-state index contributed by atoms with van der Waals surface area (Å²) in [5.41, 5.74) is 0. The lowest BCUT2D eigenvalue weighted by Crippen LogP contribution is -2.38. The van der Waals surface area contributed by atoms with E-state index in [4.69, 9.17) is 11.6 Å². The van der Waals surface area contributed by atoms with E-state index in [9.17, 15) is 5.11 Å². The predicted molar refractivity (Wildman–Crippen MR) is 64.4 cm³/mol. The number of halogens is 2. The van der Waals surface area contributed by atoms with E-state index in [-0.39, 0.29) is 6.10 Å². The molecule has 1 aromatic rings. The fourth-order valence-electron chi connectivity index (χ4n) is 1.79. The Labute approximate surface area is 102 Å². The van der Waals surface area contributed by atoms with Gasteiger partial charge in [0.15, 0.2) is 0 Å². The highest BCUT2D eigenvalue weighted by Gasteiger charge is 2.20. The Bertz CT molecular complexity index is 361. The number of piperidine rings is 1. The number of pyridine rings is 1. The minimum Gasteiger partial charge on any atom is -0.391 e. The quantitative estimate of drug-likeness (QED) is 0.863. The number of aliphatic hydroxyl groups excluding tert-OH is 1. The van der Waals surface area contributed by atoms with Crippen molar-refractivity contribution < 1.29 is 5.11 Å². The topological polar surface area (TPSA) is 36.4 Å². The monoisotopic (exact) mass is 290 g/mol. The molecule has 3 nitrogen and oxygen atoms in total. The third-order valence-electron chi connectivity index (χ3n) is 2.48. The van der Waals surface area contributed by atoms with Crippen LogP contribution in [0.5, 0.6) is 0 Å². The lowest BCUT2D eigenvalue weighted by molar-refractivity contribution is 0.154. The number of aromatic nitrogens is 1. The zero-order valence-electron chi connectivity index (χ0n) is 8.16. The molecule has 2 rings (SSSR count). The zero-order chi connectivity index (χ0) is 10.8. The number of aliphatic hydroxyl groups is 1. The van der Waals surface area contributed by atoms with Gasteiger partial charge in [0, 0.05) is 19.3 Å². The standard InChI is InChI=1S/C10H12BrClN2O/c11-9-4-7(12)5-13-10(9)14-3-1-2-8(15)6-14/h4-5,8,15H,1-3,6H2. The lowest BCUT2D eigenvalue weighted by Gasteiger charge is -2.31. The van der Waals surface area contributed by atoms with Crippen LogP contribution < -0.4 is 4.90 Å². The van der Waals surface area contributed by atoms with E-state index in [1.54, 1.807) is 6.20 Å². The molecule has 0 bridgehead atoms. The number of anilines is 1.